The Bertz CT molecular complexity index is 760. The molecule has 4 nitrogen and oxygen atoms in total. The van der Waals surface area contributed by atoms with Gasteiger partial charge < -0.3 is 4.79 Å². The molecule has 0 radical (unpaired) electrons. The Labute approximate surface area is 134 Å². The van der Waals surface area contributed by atoms with Gasteiger partial charge in [0.25, 0.3) is 11.8 Å². The van der Waals surface area contributed by atoms with Crippen LogP contribution >= 0.6 is 0 Å². The van der Waals surface area contributed by atoms with Crippen molar-refractivity contribution >= 4 is 23.8 Å². The summed E-state index contributed by atoms with van der Waals surface area (Å²) in [5, 5.41) is 0. The first-order valence-electron chi connectivity index (χ1n) is 7.70. The third-order valence-electron chi connectivity index (χ3n) is 4.15. The van der Waals surface area contributed by atoms with Crippen molar-refractivity contribution in [2.24, 2.45) is 0 Å². The van der Waals surface area contributed by atoms with E-state index < -0.39 is 0 Å². The second kappa shape index (κ2) is 6.16. The van der Waals surface area contributed by atoms with E-state index in [1.54, 1.807) is 30.3 Å². The van der Waals surface area contributed by atoms with E-state index in [1.165, 1.54) is 4.90 Å². The summed E-state index contributed by atoms with van der Waals surface area (Å²) in [6.45, 7) is 2.04. The van der Waals surface area contributed by atoms with Crippen molar-refractivity contribution in [3.8, 4) is 0 Å². The van der Waals surface area contributed by atoms with Crippen molar-refractivity contribution < 1.29 is 14.4 Å². The van der Waals surface area contributed by atoms with E-state index in [2.05, 4.69) is 0 Å². The number of rotatable bonds is 5. The van der Waals surface area contributed by atoms with Gasteiger partial charge in [0.15, 0.2) is 0 Å². The van der Waals surface area contributed by atoms with Crippen LogP contribution in [0.2, 0.25) is 0 Å². The molecule has 0 spiro atoms. The highest BCUT2D eigenvalue weighted by molar-refractivity contribution is 6.34. The van der Waals surface area contributed by atoms with Crippen LogP contribution in [0, 0.1) is 0 Å². The zero-order valence-corrected chi connectivity index (χ0v) is 12.9. The van der Waals surface area contributed by atoms with Crippen molar-refractivity contribution in [3.05, 3.63) is 64.7 Å². The number of carbonyl (C=O) groups excluding carboxylic acids is 3. The topological polar surface area (TPSA) is 54.5 Å². The minimum Gasteiger partial charge on any atom is -0.303 e. The predicted octanol–water partition coefficient (Wildman–Crippen LogP) is 3.18. The van der Waals surface area contributed by atoms with Gasteiger partial charge >= 0.3 is 0 Å². The maximum atomic E-state index is 12.5. The molecule has 0 aromatic heterocycles. The van der Waals surface area contributed by atoms with Crippen LogP contribution in [0.1, 0.15) is 45.2 Å². The summed E-state index contributed by atoms with van der Waals surface area (Å²) in [5.74, 6) is -0.590. The highest BCUT2D eigenvalue weighted by Gasteiger charge is 2.36. The molecule has 0 aliphatic carbocycles. The Morgan fingerprint density at radius 1 is 0.957 bits per heavy atom. The number of benzene rings is 2. The van der Waals surface area contributed by atoms with Crippen LogP contribution in [-0.4, -0.2) is 18.1 Å². The molecule has 0 unspecified atom stereocenters. The van der Waals surface area contributed by atoms with E-state index in [0.717, 1.165) is 23.8 Å². The summed E-state index contributed by atoms with van der Waals surface area (Å²) in [6, 6.07) is 12.4. The van der Waals surface area contributed by atoms with E-state index in [-0.39, 0.29) is 11.8 Å². The first-order valence-corrected chi connectivity index (χ1v) is 7.70. The molecule has 2 aromatic carbocycles. The number of carbonyl (C=O) groups is 3. The number of hydrogen-bond acceptors (Lipinski definition) is 3. The smallest absolute Gasteiger partial charge is 0.266 e. The van der Waals surface area contributed by atoms with Crippen LogP contribution in [0.4, 0.5) is 5.69 Å². The normalized spacial score (nSPS) is 13.3. The highest BCUT2D eigenvalue weighted by Crippen LogP contribution is 2.30. The van der Waals surface area contributed by atoms with Gasteiger partial charge in [0.2, 0.25) is 0 Å². The molecule has 4 heteroatoms. The van der Waals surface area contributed by atoms with E-state index in [4.69, 9.17) is 0 Å². The second-order valence-corrected chi connectivity index (χ2v) is 5.50. The Balaban J connectivity index is 2.01. The summed E-state index contributed by atoms with van der Waals surface area (Å²) in [4.78, 5) is 36.9. The molecule has 116 valence electrons. The van der Waals surface area contributed by atoms with E-state index >= 15 is 0 Å². The van der Waals surface area contributed by atoms with Crippen molar-refractivity contribution in [2.45, 2.75) is 26.2 Å². The molecule has 2 amide bonds. The van der Waals surface area contributed by atoms with E-state index in [9.17, 15) is 14.4 Å². The Kier molecular flexibility index (Phi) is 4.06. The zero-order chi connectivity index (χ0) is 16.4. The number of fused-ring (bicyclic) bond motifs is 1. The van der Waals surface area contributed by atoms with Crippen LogP contribution < -0.4 is 4.90 Å². The first kappa shape index (κ1) is 15.2. The lowest BCUT2D eigenvalue weighted by Crippen LogP contribution is -2.29. The third kappa shape index (κ3) is 2.57. The maximum absolute atomic E-state index is 12.5. The van der Waals surface area contributed by atoms with Crippen molar-refractivity contribution in [3.63, 3.8) is 0 Å². The van der Waals surface area contributed by atoms with Crippen LogP contribution in [-0.2, 0) is 17.6 Å². The summed E-state index contributed by atoms with van der Waals surface area (Å²) in [6.07, 6.45) is 2.77. The van der Waals surface area contributed by atoms with Gasteiger partial charge in [0.05, 0.1) is 16.8 Å². The lowest BCUT2D eigenvalue weighted by Gasteiger charge is -2.17. The predicted molar refractivity (Wildman–Crippen MR) is 87.8 cm³/mol. The van der Waals surface area contributed by atoms with Gasteiger partial charge in [0.1, 0.15) is 6.29 Å². The van der Waals surface area contributed by atoms with Crippen molar-refractivity contribution in [1.29, 1.82) is 0 Å². The quantitative estimate of drug-likeness (QED) is 0.629. The number of nitrogens with zero attached hydrogens (tertiary/aromatic N) is 1. The first-order chi connectivity index (χ1) is 11.2. The molecular weight excluding hydrogens is 290 g/mol. The van der Waals surface area contributed by atoms with Gasteiger partial charge in [-0.3, -0.25) is 9.59 Å². The number of hydrogen-bond donors (Lipinski definition) is 0. The lowest BCUT2D eigenvalue weighted by atomic mass is 10.00. The van der Waals surface area contributed by atoms with Gasteiger partial charge in [-0.05, 0) is 48.2 Å². The second-order valence-electron chi connectivity index (χ2n) is 5.50. The van der Waals surface area contributed by atoms with Crippen LogP contribution in [0.15, 0.2) is 42.5 Å². The summed E-state index contributed by atoms with van der Waals surface area (Å²) < 4.78 is 0. The summed E-state index contributed by atoms with van der Waals surface area (Å²) >= 11 is 0. The number of aryl methyl sites for hydroxylation is 2. The van der Waals surface area contributed by atoms with Gasteiger partial charge in [-0.1, -0.05) is 25.1 Å². The van der Waals surface area contributed by atoms with Crippen LogP contribution in [0.3, 0.4) is 0 Å². The lowest BCUT2D eigenvalue weighted by molar-refractivity contribution is -0.107. The molecule has 0 saturated carbocycles. The number of aldehydes is 1. The molecule has 0 N–H and O–H groups in total. The molecule has 1 aliphatic heterocycles. The number of anilines is 1. The molecule has 1 heterocycles. The summed E-state index contributed by atoms with van der Waals surface area (Å²) in [5.41, 5.74) is 3.58. The third-order valence-corrected chi connectivity index (χ3v) is 4.15. The molecule has 1 aliphatic rings. The Hall–Kier alpha value is -2.75. The molecule has 0 saturated heterocycles. The average Bonchev–Trinajstić information content (AvgIpc) is 2.84. The fraction of sp³-hybridized carbons (Fsp3) is 0.211. The fourth-order valence-electron chi connectivity index (χ4n) is 2.97. The molecule has 0 atom stereocenters. The molecule has 23 heavy (non-hydrogen) atoms. The van der Waals surface area contributed by atoms with Gasteiger partial charge in [-0.2, -0.15) is 0 Å². The van der Waals surface area contributed by atoms with E-state index in [0.29, 0.717) is 29.7 Å². The van der Waals surface area contributed by atoms with Crippen molar-refractivity contribution in [1.82, 2.24) is 0 Å². The van der Waals surface area contributed by atoms with Crippen molar-refractivity contribution in [2.75, 3.05) is 4.90 Å². The highest BCUT2D eigenvalue weighted by atomic mass is 16.2. The molecule has 0 bridgehead atoms. The zero-order valence-electron chi connectivity index (χ0n) is 12.9. The van der Waals surface area contributed by atoms with Crippen LogP contribution in [0.25, 0.3) is 0 Å². The largest absolute Gasteiger partial charge is 0.303 e. The molecule has 3 rings (SSSR count). The van der Waals surface area contributed by atoms with Gasteiger partial charge in [-0.15, -0.1) is 0 Å². The maximum Gasteiger partial charge on any atom is 0.266 e. The van der Waals surface area contributed by atoms with Crippen LogP contribution in [0.5, 0.6) is 0 Å². The number of amides is 2. The Morgan fingerprint density at radius 3 is 2.17 bits per heavy atom. The monoisotopic (exact) mass is 307 g/mol. The minimum atomic E-state index is -0.295. The average molecular weight is 307 g/mol. The molecule has 2 aromatic rings. The summed E-state index contributed by atoms with van der Waals surface area (Å²) in [7, 11) is 0. The molecule has 0 fully saturated rings. The Morgan fingerprint density at radius 2 is 1.61 bits per heavy atom. The minimum absolute atomic E-state index is 0.295. The van der Waals surface area contributed by atoms with E-state index in [1.807, 2.05) is 19.1 Å². The molecular formula is C19H17NO3. The number of imide groups is 1. The van der Waals surface area contributed by atoms with Gasteiger partial charge in [0, 0.05) is 6.42 Å². The fourth-order valence-corrected chi connectivity index (χ4v) is 2.97. The SMILES string of the molecule is CCc1ccc(N2C(=O)c3ccccc3C2=O)cc1CCC=O. The van der Waals surface area contributed by atoms with Gasteiger partial charge in [-0.25, -0.2) is 4.90 Å². The standard InChI is InChI=1S/C19H17NO3/c1-2-13-9-10-15(12-14(13)6-5-11-21)20-18(22)16-7-3-4-8-17(16)19(20)23/h3-4,7-12H,2,5-6H2,1H3.